The molecule has 1 saturated heterocycles. The van der Waals surface area contributed by atoms with Gasteiger partial charge in [0.05, 0.1) is 5.02 Å². The molecule has 17 heavy (non-hydrogen) atoms. The van der Waals surface area contributed by atoms with Gasteiger partial charge in [0, 0.05) is 10.6 Å². The number of carbonyl (C=O) groups is 2. The average molecular weight is 273 g/mol. The van der Waals surface area contributed by atoms with Crippen molar-refractivity contribution in [2.24, 2.45) is 0 Å². The molecule has 4 nitrogen and oxygen atoms in total. The smallest absolute Gasteiger partial charge is 0.320 e. The van der Waals surface area contributed by atoms with E-state index in [2.05, 4.69) is 10.6 Å². The molecule has 1 heterocycles. The number of halogens is 2. The Bertz CT molecular complexity index is 530. The molecule has 1 unspecified atom stereocenters. The third-order valence-corrected chi connectivity index (χ3v) is 3.80. The number of nitrogens with one attached hydrogen (secondary N) is 2. The van der Waals surface area contributed by atoms with Crippen molar-refractivity contribution >= 4 is 35.1 Å². The van der Waals surface area contributed by atoms with Gasteiger partial charge in [0.25, 0.3) is 5.91 Å². The second-order valence-corrected chi connectivity index (χ2v) is 4.85. The van der Waals surface area contributed by atoms with Crippen LogP contribution in [0.1, 0.15) is 18.1 Å². The van der Waals surface area contributed by atoms with Crippen molar-refractivity contribution in [3.05, 3.63) is 33.3 Å². The van der Waals surface area contributed by atoms with Gasteiger partial charge in [-0.3, -0.25) is 10.1 Å². The summed E-state index contributed by atoms with van der Waals surface area (Å²) in [5.74, 6) is -0.425. The molecule has 1 aromatic rings. The minimum Gasteiger partial charge on any atom is -0.320 e. The average Bonchev–Trinajstić information content (AvgIpc) is 2.50. The molecule has 3 amide bonds. The van der Waals surface area contributed by atoms with Gasteiger partial charge in [0.15, 0.2) is 0 Å². The van der Waals surface area contributed by atoms with Crippen LogP contribution in [0, 0.1) is 6.92 Å². The number of hydrogen-bond acceptors (Lipinski definition) is 2. The lowest BCUT2D eigenvalue weighted by molar-refractivity contribution is -0.123. The lowest BCUT2D eigenvalue weighted by Crippen LogP contribution is -2.40. The van der Waals surface area contributed by atoms with Crippen molar-refractivity contribution in [2.45, 2.75) is 19.4 Å². The first-order valence-electron chi connectivity index (χ1n) is 4.95. The van der Waals surface area contributed by atoms with Gasteiger partial charge in [-0.15, -0.1) is 0 Å². The largest absolute Gasteiger partial charge is 0.322 e. The van der Waals surface area contributed by atoms with Crippen molar-refractivity contribution in [3.8, 4) is 0 Å². The number of hydrogen-bond donors (Lipinski definition) is 2. The number of benzene rings is 1. The standard InChI is InChI=1S/C11H10Cl2N2O2/c1-5-7(12)4-3-6(8(5)13)11(2)9(16)14-10(17)15-11/h3-4H,1-2H3,(H2,14,15,16,17). The fourth-order valence-electron chi connectivity index (χ4n) is 1.78. The minimum absolute atomic E-state index is 0.386. The van der Waals surface area contributed by atoms with E-state index in [1.165, 1.54) is 0 Å². The zero-order valence-corrected chi connectivity index (χ0v) is 10.7. The van der Waals surface area contributed by atoms with Crippen molar-refractivity contribution in [2.75, 3.05) is 0 Å². The normalized spacial score (nSPS) is 23.5. The summed E-state index contributed by atoms with van der Waals surface area (Å²) in [7, 11) is 0. The van der Waals surface area contributed by atoms with Crippen LogP contribution in [0.3, 0.4) is 0 Å². The van der Waals surface area contributed by atoms with Crippen LogP contribution < -0.4 is 10.6 Å². The molecule has 0 aromatic heterocycles. The van der Waals surface area contributed by atoms with Gasteiger partial charge in [0.2, 0.25) is 0 Å². The lowest BCUT2D eigenvalue weighted by Gasteiger charge is -2.23. The highest BCUT2D eigenvalue weighted by Gasteiger charge is 2.44. The van der Waals surface area contributed by atoms with E-state index >= 15 is 0 Å². The molecule has 1 aliphatic rings. The third kappa shape index (κ3) is 1.77. The van der Waals surface area contributed by atoms with Crippen LogP contribution in [0.15, 0.2) is 12.1 Å². The summed E-state index contributed by atoms with van der Waals surface area (Å²) in [4.78, 5) is 23.0. The number of rotatable bonds is 1. The number of urea groups is 1. The Morgan fingerprint density at radius 1 is 1.24 bits per heavy atom. The van der Waals surface area contributed by atoms with Crippen LogP contribution in [0.4, 0.5) is 4.79 Å². The summed E-state index contributed by atoms with van der Waals surface area (Å²) in [5, 5.41) is 5.65. The number of amides is 3. The number of carbonyl (C=O) groups excluding carboxylic acids is 2. The van der Waals surface area contributed by atoms with Gasteiger partial charge in [-0.25, -0.2) is 4.79 Å². The first-order chi connectivity index (χ1) is 7.86. The van der Waals surface area contributed by atoms with E-state index < -0.39 is 17.5 Å². The minimum atomic E-state index is -1.15. The Balaban J connectivity index is 2.58. The molecule has 6 heteroatoms. The SMILES string of the molecule is Cc1c(Cl)ccc(C2(C)NC(=O)NC2=O)c1Cl. The summed E-state index contributed by atoms with van der Waals surface area (Å²) >= 11 is 12.1. The molecule has 0 aliphatic carbocycles. The Morgan fingerprint density at radius 3 is 2.41 bits per heavy atom. The van der Waals surface area contributed by atoms with Gasteiger partial charge in [-0.2, -0.15) is 0 Å². The monoisotopic (exact) mass is 272 g/mol. The summed E-state index contributed by atoms with van der Waals surface area (Å²) < 4.78 is 0. The summed E-state index contributed by atoms with van der Waals surface area (Å²) in [6, 6.07) is 2.77. The van der Waals surface area contributed by atoms with Gasteiger partial charge in [0.1, 0.15) is 5.54 Å². The van der Waals surface area contributed by atoms with Gasteiger partial charge in [-0.05, 0) is 25.5 Å². The van der Waals surface area contributed by atoms with Crippen LogP contribution in [0.2, 0.25) is 10.0 Å². The van der Waals surface area contributed by atoms with Gasteiger partial charge >= 0.3 is 6.03 Å². The lowest BCUT2D eigenvalue weighted by atomic mass is 9.91. The van der Waals surface area contributed by atoms with E-state index in [1.54, 1.807) is 26.0 Å². The molecule has 0 saturated carbocycles. The summed E-state index contributed by atoms with van der Waals surface area (Å²) in [6.07, 6.45) is 0. The second kappa shape index (κ2) is 3.89. The molecule has 1 aromatic carbocycles. The molecule has 0 bridgehead atoms. The topological polar surface area (TPSA) is 58.2 Å². The van der Waals surface area contributed by atoms with Gasteiger partial charge in [-0.1, -0.05) is 29.3 Å². The molecule has 1 aliphatic heterocycles. The van der Waals surface area contributed by atoms with E-state index in [0.717, 1.165) is 0 Å². The fraction of sp³-hybridized carbons (Fsp3) is 0.273. The molecule has 2 rings (SSSR count). The van der Waals surface area contributed by atoms with Crippen LogP contribution in [-0.4, -0.2) is 11.9 Å². The van der Waals surface area contributed by atoms with E-state index in [-0.39, 0.29) is 0 Å². The maximum Gasteiger partial charge on any atom is 0.322 e. The van der Waals surface area contributed by atoms with Crippen molar-refractivity contribution in [1.29, 1.82) is 0 Å². The highest BCUT2D eigenvalue weighted by Crippen LogP contribution is 2.35. The van der Waals surface area contributed by atoms with E-state index in [1.807, 2.05) is 0 Å². The first kappa shape index (κ1) is 12.2. The third-order valence-electron chi connectivity index (χ3n) is 2.90. The summed E-state index contributed by atoms with van der Waals surface area (Å²) in [6.45, 7) is 3.36. The van der Waals surface area contributed by atoms with Crippen molar-refractivity contribution < 1.29 is 9.59 Å². The molecule has 1 atom stereocenters. The predicted octanol–water partition coefficient (Wildman–Crippen LogP) is 2.36. The number of imide groups is 1. The van der Waals surface area contributed by atoms with E-state index in [9.17, 15) is 9.59 Å². The molecular weight excluding hydrogens is 263 g/mol. The summed E-state index contributed by atoms with van der Waals surface area (Å²) in [5.41, 5.74) is 0.0641. The molecule has 0 spiro atoms. The quantitative estimate of drug-likeness (QED) is 0.772. The van der Waals surface area contributed by atoms with E-state index in [0.29, 0.717) is 21.2 Å². The molecule has 1 fully saturated rings. The predicted molar refractivity (Wildman–Crippen MR) is 65.2 cm³/mol. The maximum atomic E-state index is 11.8. The fourth-order valence-corrected chi connectivity index (χ4v) is 2.34. The first-order valence-corrected chi connectivity index (χ1v) is 5.70. The highest BCUT2D eigenvalue weighted by molar-refractivity contribution is 6.36. The van der Waals surface area contributed by atoms with Crippen LogP contribution in [0.25, 0.3) is 0 Å². The second-order valence-electron chi connectivity index (χ2n) is 4.07. The molecule has 0 radical (unpaired) electrons. The Hall–Kier alpha value is -1.26. The van der Waals surface area contributed by atoms with Crippen molar-refractivity contribution in [3.63, 3.8) is 0 Å². The molecular formula is C11H10Cl2N2O2. The zero-order chi connectivity index (χ0) is 12.8. The van der Waals surface area contributed by atoms with Crippen LogP contribution in [-0.2, 0) is 10.3 Å². The molecule has 90 valence electrons. The van der Waals surface area contributed by atoms with Gasteiger partial charge < -0.3 is 5.32 Å². The Labute approximate surface area is 108 Å². The molecule has 2 N–H and O–H groups in total. The van der Waals surface area contributed by atoms with Crippen LogP contribution >= 0.6 is 23.2 Å². The highest BCUT2D eigenvalue weighted by atomic mass is 35.5. The van der Waals surface area contributed by atoms with E-state index in [4.69, 9.17) is 23.2 Å². The Kier molecular flexibility index (Phi) is 2.79. The maximum absolute atomic E-state index is 11.8. The zero-order valence-electron chi connectivity index (χ0n) is 9.23. The van der Waals surface area contributed by atoms with Crippen molar-refractivity contribution in [1.82, 2.24) is 10.6 Å². The Morgan fingerprint density at radius 2 is 1.88 bits per heavy atom. The van der Waals surface area contributed by atoms with Crippen LogP contribution in [0.5, 0.6) is 0 Å².